The van der Waals surface area contributed by atoms with Gasteiger partial charge in [-0.15, -0.1) is 0 Å². The predicted octanol–water partition coefficient (Wildman–Crippen LogP) is 3.12. The van der Waals surface area contributed by atoms with Crippen LogP contribution in [0.15, 0.2) is 24.3 Å². The predicted molar refractivity (Wildman–Crippen MR) is 77.5 cm³/mol. The summed E-state index contributed by atoms with van der Waals surface area (Å²) in [5.41, 5.74) is 2.54. The average Bonchev–Trinajstić information content (AvgIpc) is 2.41. The summed E-state index contributed by atoms with van der Waals surface area (Å²) in [6.45, 7) is 8.14. The van der Waals surface area contributed by atoms with Gasteiger partial charge in [0.25, 0.3) is 0 Å². The van der Waals surface area contributed by atoms with Crippen LogP contribution in [0.5, 0.6) is 0 Å². The van der Waals surface area contributed by atoms with Gasteiger partial charge >= 0.3 is 0 Å². The van der Waals surface area contributed by atoms with E-state index in [1.165, 1.54) is 17.8 Å². The highest BCUT2D eigenvalue weighted by Crippen LogP contribution is 2.30. The van der Waals surface area contributed by atoms with Gasteiger partial charge in [0.05, 0.1) is 18.0 Å². The van der Waals surface area contributed by atoms with E-state index in [0.29, 0.717) is 6.04 Å². The van der Waals surface area contributed by atoms with Gasteiger partial charge in [-0.1, -0.05) is 25.5 Å². The minimum atomic E-state index is 0.523. The third-order valence-electron chi connectivity index (χ3n) is 3.45. The van der Waals surface area contributed by atoms with E-state index in [-0.39, 0.29) is 0 Å². The van der Waals surface area contributed by atoms with Crippen LogP contribution < -0.4 is 10.2 Å². The van der Waals surface area contributed by atoms with Crippen molar-refractivity contribution in [1.29, 1.82) is 0 Å². The third kappa shape index (κ3) is 3.16. The Labute approximate surface area is 110 Å². The maximum Gasteiger partial charge on any atom is 0.0641 e. The van der Waals surface area contributed by atoms with Crippen LogP contribution in [0.25, 0.3) is 0 Å². The molecule has 1 aliphatic rings. The summed E-state index contributed by atoms with van der Waals surface area (Å²) in [6.07, 6.45) is 2.36. The molecule has 0 saturated heterocycles. The van der Waals surface area contributed by atoms with E-state index in [0.717, 1.165) is 32.7 Å². The summed E-state index contributed by atoms with van der Waals surface area (Å²) in [4.78, 5) is 2.44. The van der Waals surface area contributed by atoms with Gasteiger partial charge in [0.15, 0.2) is 0 Å². The number of anilines is 2. The first-order valence-corrected chi connectivity index (χ1v) is 7.00. The summed E-state index contributed by atoms with van der Waals surface area (Å²) >= 11 is 0. The lowest BCUT2D eigenvalue weighted by Crippen LogP contribution is -2.43. The number of unbranched alkanes of at least 4 members (excludes halogenated alkanes) is 1. The number of nitrogens with zero attached hydrogens (tertiary/aromatic N) is 1. The Morgan fingerprint density at radius 2 is 2.17 bits per heavy atom. The Balaban J connectivity index is 1.90. The summed E-state index contributed by atoms with van der Waals surface area (Å²) in [6, 6.07) is 9.03. The Hall–Kier alpha value is -1.22. The fourth-order valence-electron chi connectivity index (χ4n) is 2.33. The molecule has 0 bridgehead atoms. The van der Waals surface area contributed by atoms with Crippen LogP contribution in [0.1, 0.15) is 26.7 Å². The third-order valence-corrected chi connectivity index (χ3v) is 3.45. The zero-order valence-electron chi connectivity index (χ0n) is 11.5. The molecule has 100 valence electrons. The molecule has 0 radical (unpaired) electrons. The monoisotopic (exact) mass is 248 g/mol. The second-order valence-electron chi connectivity index (χ2n) is 4.91. The fourth-order valence-corrected chi connectivity index (χ4v) is 2.33. The molecule has 0 saturated carbocycles. The first-order valence-electron chi connectivity index (χ1n) is 7.00. The zero-order valence-corrected chi connectivity index (χ0v) is 11.5. The Morgan fingerprint density at radius 1 is 1.33 bits per heavy atom. The van der Waals surface area contributed by atoms with Crippen molar-refractivity contribution in [1.82, 2.24) is 0 Å². The minimum Gasteiger partial charge on any atom is -0.381 e. The molecule has 18 heavy (non-hydrogen) atoms. The van der Waals surface area contributed by atoms with Crippen LogP contribution in [0.3, 0.4) is 0 Å². The van der Waals surface area contributed by atoms with Crippen LogP contribution in [-0.4, -0.2) is 32.3 Å². The second kappa shape index (κ2) is 6.64. The van der Waals surface area contributed by atoms with E-state index in [1.807, 2.05) is 0 Å². The smallest absolute Gasteiger partial charge is 0.0641 e. The molecule has 3 heteroatoms. The summed E-state index contributed by atoms with van der Waals surface area (Å²) in [5.74, 6) is 0. The normalized spacial score (nSPS) is 18.3. The molecule has 0 aromatic heterocycles. The van der Waals surface area contributed by atoms with Crippen molar-refractivity contribution in [2.75, 3.05) is 36.5 Å². The number of benzene rings is 1. The van der Waals surface area contributed by atoms with Gasteiger partial charge in [0.1, 0.15) is 0 Å². The van der Waals surface area contributed by atoms with Crippen LogP contribution in [0.4, 0.5) is 11.4 Å². The van der Waals surface area contributed by atoms with Crippen LogP contribution >= 0.6 is 0 Å². The average molecular weight is 248 g/mol. The molecule has 0 fully saturated rings. The molecule has 1 aromatic carbocycles. The van der Waals surface area contributed by atoms with Crippen LogP contribution in [-0.2, 0) is 4.74 Å². The van der Waals surface area contributed by atoms with Gasteiger partial charge in [-0.05, 0) is 25.5 Å². The molecule has 3 nitrogen and oxygen atoms in total. The first-order chi connectivity index (χ1) is 8.83. The van der Waals surface area contributed by atoms with Gasteiger partial charge in [-0.3, -0.25) is 0 Å². The molecule has 0 aliphatic carbocycles. The van der Waals surface area contributed by atoms with Gasteiger partial charge in [-0.25, -0.2) is 0 Å². The van der Waals surface area contributed by atoms with Crippen molar-refractivity contribution in [3.63, 3.8) is 0 Å². The van der Waals surface area contributed by atoms with E-state index in [4.69, 9.17) is 4.74 Å². The number of fused-ring (bicyclic) bond motifs is 1. The summed E-state index contributed by atoms with van der Waals surface area (Å²) < 4.78 is 5.68. The van der Waals surface area contributed by atoms with E-state index >= 15 is 0 Å². The van der Waals surface area contributed by atoms with Crippen LogP contribution in [0.2, 0.25) is 0 Å². The lowest BCUT2D eigenvalue weighted by atomic mass is 10.1. The van der Waals surface area contributed by atoms with Gasteiger partial charge in [0, 0.05) is 25.7 Å². The van der Waals surface area contributed by atoms with Crippen LogP contribution in [0, 0.1) is 0 Å². The molecule has 1 aromatic rings. The number of nitrogens with one attached hydrogen (secondary N) is 1. The van der Waals surface area contributed by atoms with E-state index in [2.05, 4.69) is 48.3 Å². The van der Waals surface area contributed by atoms with Crippen molar-refractivity contribution in [3.8, 4) is 0 Å². The van der Waals surface area contributed by atoms with Gasteiger partial charge in [-0.2, -0.15) is 0 Å². The van der Waals surface area contributed by atoms with Crippen molar-refractivity contribution in [2.24, 2.45) is 0 Å². The minimum absolute atomic E-state index is 0.523. The van der Waals surface area contributed by atoms with Gasteiger partial charge in [0.2, 0.25) is 0 Å². The number of rotatable bonds is 6. The number of hydrogen-bond donors (Lipinski definition) is 1. The van der Waals surface area contributed by atoms with Crippen molar-refractivity contribution in [3.05, 3.63) is 24.3 Å². The maximum atomic E-state index is 5.68. The molecule has 1 N–H and O–H groups in total. The highest BCUT2D eigenvalue weighted by molar-refractivity contribution is 5.72. The fraction of sp³-hybridized carbons (Fsp3) is 0.600. The molecule has 0 amide bonds. The highest BCUT2D eigenvalue weighted by atomic mass is 16.5. The molecule has 1 heterocycles. The highest BCUT2D eigenvalue weighted by Gasteiger charge is 2.21. The standard InChI is InChI=1S/C15H24N2O/c1-3-4-10-18-11-9-17-13(2)12-16-14-7-5-6-8-15(14)17/h5-8,13,16H,3-4,9-12H2,1-2H3. The maximum absolute atomic E-state index is 5.68. The largest absolute Gasteiger partial charge is 0.381 e. The van der Waals surface area contributed by atoms with Crippen molar-refractivity contribution >= 4 is 11.4 Å². The Bertz CT molecular complexity index is 367. The zero-order chi connectivity index (χ0) is 12.8. The van der Waals surface area contributed by atoms with Crippen molar-refractivity contribution < 1.29 is 4.74 Å². The molecular formula is C15H24N2O. The Kier molecular flexibility index (Phi) is 4.88. The first kappa shape index (κ1) is 13.2. The number of para-hydroxylation sites is 2. The second-order valence-corrected chi connectivity index (χ2v) is 4.91. The molecule has 1 atom stereocenters. The Morgan fingerprint density at radius 3 is 3.00 bits per heavy atom. The lowest BCUT2D eigenvalue weighted by Gasteiger charge is -2.37. The quantitative estimate of drug-likeness (QED) is 0.783. The molecular weight excluding hydrogens is 224 g/mol. The molecule has 0 spiro atoms. The van der Waals surface area contributed by atoms with E-state index in [9.17, 15) is 0 Å². The summed E-state index contributed by atoms with van der Waals surface area (Å²) in [5, 5.41) is 3.47. The van der Waals surface area contributed by atoms with Crippen molar-refractivity contribution in [2.45, 2.75) is 32.7 Å². The molecule has 1 aliphatic heterocycles. The number of ether oxygens (including phenoxy) is 1. The number of hydrogen-bond acceptors (Lipinski definition) is 3. The SMILES string of the molecule is CCCCOCCN1c2ccccc2NCC1C. The van der Waals surface area contributed by atoms with Gasteiger partial charge < -0.3 is 15.0 Å². The molecule has 2 rings (SSSR count). The summed E-state index contributed by atoms with van der Waals surface area (Å²) in [7, 11) is 0. The lowest BCUT2D eigenvalue weighted by molar-refractivity contribution is 0.136. The molecule has 1 unspecified atom stereocenters. The topological polar surface area (TPSA) is 24.5 Å². The van der Waals surface area contributed by atoms with E-state index in [1.54, 1.807) is 0 Å². The van der Waals surface area contributed by atoms with E-state index < -0.39 is 0 Å².